The van der Waals surface area contributed by atoms with Crippen LogP contribution in [0.3, 0.4) is 0 Å². The minimum Gasteiger partial charge on any atom is -0.229 e. The van der Waals surface area contributed by atoms with Gasteiger partial charge < -0.3 is 0 Å². The van der Waals surface area contributed by atoms with Crippen molar-refractivity contribution in [2.24, 2.45) is 0 Å². The van der Waals surface area contributed by atoms with Crippen molar-refractivity contribution in [2.45, 2.75) is 21.6 Å². The minimum atomic E-state index is -4.89. The van der Waals surface area contributed by atoms with Crippen LogP contribution in [0.1, 0.15) is 11.1 Å². The van der Waals surface area contributed by atoms with E-state index in [4.69, 9.17) is 0 Å². The number of benzene rings is 2. The number of para-hydroxylation sites is 1. The Bertz CT molecular complexity index is 849. The van der Waals surface area contributed by atoms with Gasteiger partial charge >= 0.3 is 12.4 Å². The van der Waals surface area contributed by atoms with Crippen LogP contribution in [0.5, 0.6) is 0 Å². The van der Waals surface area contributed by atoms with E-state index < -0.39 is 23.5 Å². The van der Waals surface area contributed by atoms with Gasteiger partial charge in [-0.1, -0.05) is 23.9 Å². The zero-order valence-electron chi connectivity index (χ0n) is 11.6. The molecule has 0 aliphatic heterocycles. The van der Waals surface area contributed by atoms with Crippen LogP contribution in [-0.2, 0) is 12.4 Å². The Labute approximate surface area is 140 Å². The molecule has 3 rings (SSSR count). The molecule has 0 unspecified atom stereocenters. The van der Waals surface area contributed by atoms with Crippen LogP contribution in [-0.4, -0.2) is 4.98 Å². The summed E-state index contributed by atoms with van der Waals surface area (Å²) in [6, 6.07) is 8.62. The molecule has 9 heteroatoms. The Balaban J connectivity index is 2.03. The lowest BCUT2D eigenvalue weighted by molar-refractivity contribution is -0.144. The van der Waals surface area contributed by atoms with E-state index in [9.17, 15) is 26.3 Å². The van der Waals surface area contributed by atoms with E-state index in [1.54, 1.807) is 24.3 Å². The normalized spacial score (nSPS) is 12.8. The number of hydrogen-bond donors (Lipinski definition) is 0. The molecule has 0 fully saturated rings. The molecule has 1 nitrogen and oxygen atoms in total. The maximum atomic E-state index is 13.1. The molecule has 0 radical (unpaired) electrons. The highest BCUT2D eigenvalue weighted by Crippen LogP contribution is 2.43. The number of aromatic nitrogens is 1. The smallest absolute Gasteiger partial charge is 0.229 e. The zero-order valence-corrected chi connectivity index (χ0v) is 13.2. The van der Waals surface area contributed by atoms with E-state index in [2.05, 4.69) is 4.98 Å². The van der Waals surface area contributed by atoms with Gasteiger partial charge in [0.15, 0.2) is 4.34 Å². The summed E-state index contributed by atoms with van der Waals surface area (Å²) in [5.74, 6) is 0. The Morgan fingerprint density at radius 1 is 0.875 bits per heavy atom. The van der Waals surface area contributed by atoms with E-state index >= 15 is 0 Å². The number of rotatable bonds is 2. The van der Waals surface area contributed by atoms with E-state index in [0.29, 0.717) is 27.7 Å². The SMILES string of the molecule is FC(F)(F)c1ccc(Sc2nc3ccccc3s2)c(C(F)(F)F)c1. The Hall–Kier alpha value is -1.74. The first kappa shape index (κ1) is 17.1. The molecule has 0 bridgehead atoms. The van der Waals surface area contributed by atoms with Crippen LogP contribution < -0.4 is 0 Å². The van der Waals surface area contributed by atoms with Crippen molar-refractivity contribution in [1.29, 1.82) is 0 Å². The standard InChI is InChI=1S/C15H7F6NS2/c16-14(17,18)8-5-6-11(9(7-8)15(19,20)21)23-13-22-10-3-1-2-4-12(10)24-13/h1-7H. The summed E-state index contributed by atoms with van der Waals surface area (Å²) < 4.78 is 78.5. The number of fused-ring (bicyclic) bond motifs is 1. The summed E-state index contributed by atoms with van der Waals surface area (Å²) in [7, 11) is 0. The van der Waals surface area contributed by atoms with Crippen molar-refractivity contribution in [2.75, 3.05) is 0 Å². The van der Waals surface area contributed by atoms with Gasteiger partial charge in [0.1, 0.15) is 0 Å². The van der Waals surface area contributed by atoms with Gasteiger partial charge in [-0.3, -0.25) is 0 Å². The second kappa shape index (κ2) is 5.96. The fourth-order valence-corrected chi connectivity index (χ4v) is 4.16. The summed E-state index contributed by atoms with van der Waals surface area (Å²) in [6.07, 6.45) is -9.72. The van der Waals surface area contributed by atoms with Crippen LogP contribution in [0.15, 0.2) is 51.7 Å². The van der Waals surface area contributed by atoms with Gasteiger partial charge in [0.25, 0.3) is 0 Å². The molecule has 0 atom stereocenters. The average Bonchev–Trinajstić information content (AvgIpc) is 2.87. The average molecular weight is 379 g/mol. The van der Waals surface area contributed by atoms with Gasteiger partial charge in [-0.15, -0.1) is 11.3 Å². The maximum Gasteiger partial charge on any atom is 0.417 e. The molecule has 0 amide bonds. The highest BCUT2D eigenvalue weighted by Gasteiger charge is 2.38. The lowest BCUT2D eigenvalue weighted by atomic mass is 10.1. The summed E-state index contributed by atoms with van der Waals surface area (Å²) in [6.45, 7) is 0. The number of alkyl halides is 6. The van der Waals surface area contributed by atoms with Crippen LogP contribution in [0.25, 0.3) is 10.2 Å². The van der Waals surface area contributed by atoms with E-state index in [1.807, 2.05) is 0 Å². The van der Waals surface area contributed by atoms with Crippen molar-refractivity contribution in [3.63, 3.8) is 0 Å². The highest BCUT2D eigenvalue weighted by atomic mass is 32.2. The van der Waals surface area contributed by atoms with Gasteiger partial charge in [0, 0.05) is 4.90 Å². The van der Waals surface area contributed by atoms with Crippen molar-refractivity contribution >= 4 is 33.3 Å². The predicted octanol–water partition coefficient (Wildman–Crippen LogP) is 6.49. The first-order chi connectivity index (χ1) is 11.1. The fraction of sp³-hybridized carbons (Fsp3) is 0.133. The molecule has 1 heterocycles. The topological polar surface area (TPSA) is 12.9 Å². The van der Waals surface area contributed by atoms with Gasteiger partial charge in [-0.2, -0.15) is 26.3 Å². The molecule has 0 N–H and O–H groups in total. The van der Waals surface area contributed by atoms with Crippen molar-refractivity contribution < 1.29 is 26.3 Å². The largest absolute Gasteiger partial charge is 0.417 e. The number of halogens is 6. The number of nitrogens with zero attached hydrogens (tertiary/aromatic N) is 1. The molecular weight excluding hydrogens is 372 g/mol. The molecule has 126 valence electrons. The molecular formula is C15H7F6NS2. The third-order valence-electron chi connectivity index (χ3n) is 3.08. The van der Waals surface area contributed by atoms with Crippen molar-refractivity contribution in [1.82, 2.24) is 4.98 Å². The summed E-state index contributed by atoms with van der Waals surface area (Å²) in [5, 5.41) is 0. The van der Waals surface area contributed by atoms with E-state index in [-0.39, 0.29) is 11.0 Å². The third-order valence-corrected chi connectivity index (χ3v) is 5.26. The molecule has 0 saturated carbocycles. The lowest BCUT2D eigenvalue weighted by Gasteiger charge is -2.14. The molecule has 0 aliphatic rings. The fourth-order valence-electron chi connectivity index (χ4n) is 2.01. The molecule has 0 saturated heterocycles. The Kier molecular flexibility index (Phi) is 4.25. The molecule has 2 aromatic carbocycles. The molecule has 0 spiro atoms. The lowest BCUT2D eigenvalue weighted by Crippen LogP contribution is -2.11. The van der Waals surface area contributed by atoms with Gasteiger partial charge in [-0.05, 0) is 30.3 Å². The Morgan fingerprint density at radius 3 is 2.21 bits per heavy atom. The molecule has 1 aromatic heterocycles. The predicted molar refractivity (Wildman–Crippen MR) is 80.2 cm³/mol. The number of thiazole rings is 1. The Morgan fingerprint density at radius 2 is 1.58 bits per heavy atom. The van der Waals surface area contributed by atoms with Crippen molar-refractivity contribution in [3.05, 3.63) is 53.6 Å². The minimum absolute atomic E-state index is 0.135. The summed E-state index contributed by atoms with van der Waals surface area (Å²) in [5.41, 5.74) is -2.02. The first-order valence-corrected chi connectivity index (χ1v) is 8.10. The van der Waals surface area contributed by atoms with Gasteiger partial charge in [0.05, 0.1) is 21.3 Å². The third kappa shape index (κ3) is 3.51. The van der Waals surface area contributed by atoms with Crippen molar-refractivity contribution in [3.8, 4) is 0 Å². The van der Waals surface area contributed by atoms with Gasteiger partial charge in [-0.25, -0.2) is 4.98 Å². The zero-order chi connectivity index (χ0) is 17.5. The molecule has 3 aromatic rings. The summed E-state index contributed by atoms with van der Waals surface area (Å²) >= 11 is 1.89. The van der Waals surface area contributed by atoms with Crippen LogP contribution in [0, 0.1) is 0 Å². The quantitative estimate of drug-likeness (QED) is 0.472. The highest BCUT2D eigenvalue weighted by molar-refractivity contribution is 8.01. The maximum absolute atomic E-state index is 13.1. The van der Waals surface area contributed by atoms with Crippen LogP contribution in [0.2, 0.25) is 0 Å². The molecule has 24 heavy (non-hydrogen) atoms. The molecule has 0 aliphatic carbocycles. The van der Waals surface area contributed by atoms with Crippen LogP contribution in [0.4, 0.5) is 26.3 Å². The van der Waals surface area contributed by atoms with Crippen LogP contribution >= 0.6 is 23.1 Å². The van der Waals surface area contributed by atoms with E-state index in [0.717, 1.165) is 10.8 Å². The number of hydrogen-bond acceptors (Lipinski definition) is 3. The second-order valence-electron chi connectivity index (χ2n) is 4.76. The van der Waals surface area contributed by atoms with E-state index in [1.165, 1.54) is 11.3 Å². The van der Waals surface area contributed by atoms with Gasteiger partial charge in [0.2, 0.25) is 0 Å². The first-order valence-electron chi connectivity index (χ1n) is 6.46. The summed E-state index contributed by atoms with van der Waals surface area (Å²) in [4.78, 5) is 3.88. The monoisotopic (exact) mass is 379 g/mol. The second-order valence-corrected chi connectivity index (χ2v) is 7.08.